The van der Waals surface area contributed by atoms with Gasteiger partial charge in [-0.1, -0.05) is 6.07 Å². The van der Waals surface area contributed by atoms with Gasteiger partial charge >= 0.3 is 0 Å². The van der Waals surface area contributed by atoms with Crippen LogP contribution in [0.1, 0.15) is 53.4 Å². The van der Waals surface area contributed by atoms with Gasteiger partial charge in [-0.3, -0.25) is 14.9 Å². The third-order valence-corrected chi connectivity index (χ3v) is 6.38. The largest absolute Gasteiger partial charge is 0.496 e. The summed E-state index contributed by atoms with van der Waals surface area (Å²) < 4.78 is 5.76. The van der Waals surface area contributed by atoms with Crippen LogP contribution in [0.25, 0.3) is 0 Å². The Labute approximate surface area is 183 Å². The van der Waals surface area contributed by atoms with E-state index < -0.39 is 0 Å². The summed E-state index contributed by atoms with van der Waals surface area (Å²) in [6, 6.07) is 9.16. The minimum Gasteiger partial charge on any atom is -0.496 e. The molecule has 160 valence electrons. The number of nitrogens with zero attached hydrogens (tertiary/aromatic N) is 4. The summed E-state index contributed by atoms with van der Waals surface area (Å²) in [7, 11) is 1.79. The molecule has 1 atom stereocenters. The van der Waals surface area contributed by atoms with Crippen LogP contribution >= 0.6 is 0 Å². The number of likely N-dealkylation sites (tertiary alicyclic amines) is 1. The summed E-state index contributed by atoms with van der Waals surface area (Å²) in [4.78, 5) is 15.9. The van der Waals surface area contributed by atoms with Crippen LogP contribution in [0.2, 0.25) is 0 Å². The summed E-state index contributed by atoms with van der Waals surface area (Å²) in [6.07, 6.45) is 11.0. The normalized spacial score (nSPS) is 18.2. The van der Waals surface area contributed by atoms with Gasteiger partial charge in [0.25, 0.3) is 0 Å². The standard InChI is InChI=1S/C25H29N5O/c1-17-11-21(29-25-15-26-8-9-27-25)14-22(28-17)23-7-4-10-30(23)16-20-12-18-5-3-6-19(18)13-24(20)31-2/h8-9,11-15,23H,3-7,10,16H2,1-2H3,(H,27,28,29). The Bertz CT molecular complexity index is 1070. The number of methoxy groups -OCH3 is 1. The second-order valence-corrected chi connectivity index (χ2v) is 8.55. The van der Waals surface area contributed by atoms with Crippen LogP contribution in [0, 0.1) is 6.92 Å². The van der Waals surface area contributed by atoms with Crippen molar-refractivity contribution < 1.29 is 4.74 Å². The third-order valence-electron chi connectivity index (χ3n) is 6.38. The zero-order chi connectivity index (χ0) is 21.2. The molecule has 2 aromatic heterocycles. The van der Waals surface area contributed by atoms with E-state index in [0.717, 1.165) is 48.2 Å². The van der Waals surface area contributed by atoms with Crippen molar-refractivity contribution in [1.29, 1.82) is 0 Å². The van der Waals surface area contributed by atoms with Crippen molar-refractivity contribution in [2.75, 3.05) is 19.0 Å². The Morgan fingerprint density at radius 3 is 2.77 bits per heavy atom. The van der Waals surface area contributed by atoms with E-state index >= 15 is 0 Å². The molecule has 0 saturated carbocycles. The number of hydrogen-bond acceptors (Lipinski definition) is 6. The van der Waals surface area contributed by atoms with E-state index in [1.165, 1.54) is 42.4 Å². The van der Waals surface area contributed by atoms with E-state index in [-0.39, 0.29) is 0 Å². The molecule has 1 fully saturated rings. The average molecular weight is 416 g/mol. The second-order valence-electron chi connectivity index (χ2n) is 8.55. The molecule has 0 bridgehead atoms. The molecule has 1 N–H and O–H groups in total. The van der Waals surface area contributed by atoms with Crippen LogP contribution in [0.4, 0.5) is 11.5 Å². The number of aromatic nitrogens is 3. The molecule has 1 aromatic carbocycles. The molecule has 0 spiro atoms. The van der Waals surface area contributed by atoms with Gasteiger partial charge in [-0.15, -0.1) is 0 Å². The van der Waals surface area contributed by atoms with E-state index in [2.05, 4.69) is 44.5 Å². The molecule has 0 radical (unpaired) electrons. The number of anilines is 2. The SMILES string of the molecule is COc1cc2c(cc1CN1CCCC1c1cc(Nc3cnccn3)cc(C)n1)CCC2. The Morgan fingerprint density at radius 2 is 1.97 bits per heavy atom. The zero-order valence-corrected chi connectivity index (χ0v) is 18.3. The topological polar surface area (TPSA) is 63.2 Å². The molecular weight excluding hydrogens is 386 g/mol. The number of fused-ring (bicyclic) bond motifs is 1. The molecule has 1 saturated heterocycles. The second kappa shape index (κ2) is 8.63. The van der Waals surface area contributed by atoms with Gasteiger partial charge in [-0.25, -0.2) is 4.98 Å². The van der Waals surface area contributed by atoms with Crippen molar-refractivity contribution in [1.82, 2.24) is 19.9 Å². The van der Waals surface area contributed by atoms with Gasteiger partial charge < -0.3 is 10.1 Å². The van der Waals surface area contributed by atoms with Crippen LogP contribution in [-0.2, 0) is 19.4 Å². The highest BCUT2D eigenvalue weighted by Gasteiger charge is 2.29. The number of nitrogens with one attached hydrogen (secondary N) is 1. The molecule has 1 aliphatic heterocycles. The minimum absolute atomic E-state index is 0.306. The number of rotatable bonds is 6. The van der Waals surface area contributed by atoms with Gasteiger partial charge in [0.15, 0.2) is 0 Å². The molecule has 1 aliphatic carbocycles. The highest BCUT2D eigenvalue weighted by Crippen LogP contribution is 2.37. The van der Waals surface area contributed by atoms with Crippen molar-refractivity contribution in [3.05, 3.63) is 70.9 Å². The predicted molar refractivity (Wildman–Crippen MR) is 122 cm³/mol. The van der Waals surface area contributed by atoms with Crippen LogP contribution in [-0.4, -0.2) is 33.5 Å². The monoisotopic (exact) mass is 415 g/mol. The molecular formula is C25H29N5O. The molecule has 0 amide bonds. The van der Waals surface area contributed by atoms with Gasteiger partial charge in [0.2, 0.25) is 0 Å². The maximum Gasteiger partial charge on any atom is 0.148 e. The van der Waals surface area contributed by atoms with Crippen LogP contribution < -0.4 is 10.1 Å². The van der Waals surface area contributed by atoms with Gasteiger partial charge in [0.1, 0.15) is 11.6 Å². The molecule has 3 aromatic rings. The number of benzene rings is 1. The first-order valence-corrected chi connectivity index (χ1v) is 11.1. The first-order chi connectivity index (χ1) is 15.2. The maximum absolute atomic E-state index is 5.76. The lowest BCUT2D eigenvalue weighted by Gasteiger charge is -2.26. The van der Waals surface area contributed by atoms with Crippen molar-refractivity contribution >= 4 is 11.5 Å². The Morgan fingerprint density at radius 1 is 1.10 bits per heavy atom. The highest BCUT2D eigenvalue weighted by molar-refractivity contribution is 5.56. The number of pyridine rings is 1. The molecule has 2 aliphatic rings. The van der Waals surface area contributed by atoms with E-state index in [1.54, 1.807) is 25.7 Å². The van der Waals surface area contributed by atoms with Gasteiger partial charge in [-0.05, 0) is 74.9 Å². The Balaban J connectivity index is 1.40. The fourth-order valence-corrected chi connectivity index (χ4v) is 4.98. The molecule has 31 heavy (non-hydrogen) atoms. The number of hydrogen-bond donors (Lipinski definition) is 1. The summed E-state index contributed by atoms with van der Waals surface area (Å²) >= 11 is 0. The van der Waals surface area contributed by atoms with Crippen LogP contribution in [0.15, 0.2) is 42.9 Å². The fraction of sp³-hybridized carbons (Fsp3) is 0.400. The summed E-state index contributed by atoms with van der Waals surface area (Å²) in [5, 5.41) is 3.37. The van der Waals surface area contributed by atoms with Crippen LogP contribution in [0.5, 0.6) is 5.75 Å². The summed E-state index contributed by atoms with van der Waals surface area (Å²) in [5.41, 5.74) is 7.37. The molecule has 5 rings (SSSR count). The van der Waals surface area contributed by atoms with E-state index in [1.807, 2.05) is 6.92 Å². The number of aryl methyl sites for hydroxylation is 3. The third kappa shape index (κ3) is 4.26. The smallest absolute Gasteiger partial charge is 0.148 e. The van der Waals surface area contributed by atoms with E-state index in [0.29, 0.717) is 6.04 Å². The first-order valence-electron chi connectivity index (χ1n) is 11.1. The van der Waals surface area contributed by atoms with Crippen LogP contribution in [0.3, 0.4) is 0 Å². The molecule has 3 heterocycles. The van der Waals surface area contributed by atoms with Crippen molar-refractivity contribution in [2.24, 2.45) is 0 Å². The predicted octanol–water partition coefficient (Wildman–Crippen LogP) is 4.76. The van der Waals surface area contributed by atoms with Crippen molar-refractivity contribution in [3.8, 4) is 5.75 Å². The summed E-state index contributed by atoms with van der Waals surface area (Å²) in [6.45, 7) is 4.02. The lowest BCUT2D eigenvalue weighted by atomic mass is 10.0. The summed E-state index contributed by atoms with van der Waals surface area (Å²) in [5.74, 6) is 1.76. The molecule has 6 heteroatoms. The average Bonchev–Trinajstić information content (AvgIpc) is 3.42. The van der Waals surface area contributed by atoms with Gasteiger partial charge in [0.05, 0.1) is 25.0 Å². The van der Waals surface area contributed by atoms with E-state index in [4.69, 9.17) is 9.72 Å². The maximum atomic E-state index is 5.76. The Kier molecular flexibility index (Phi) is 5.55. The highest BCUT2D eigenvalue weighted by atomic mass is 16.5. The van der Waals surface area contributed by atoms with Crippen molar-refractivity contribution in [2.45, 2.75) is 51.6 Å². The first kappa shape index (κ1) is 19.9. The minimum atomic E-state index is 0.306. The lowest BCUT2D eigenvalue weighted by molar-refractivity contribution is 0.240. The molecule has 1 unspecified atom stereocenters. The Hall–Kier alpha value is -2.99. The fourth-order valence-electron chi connectivity index (χ4n) is 4.98. The zero-order valence-electron chi connectivity index (χ0n) is 18.3. The molecule has 6 nitrogen and oxygen atoms in total. The quantitative estimate of drug-likeness (QED) is 0.626. The van der Waals surface area contributed by atoms with Crippen molar-refractivity contribution in [3.63, 3.8) is 0 Å². The lowest BCUT2D eigenvalue weighted by Crippen LogP contribution is -2.24. The van der Waals surface area contributed by atoms with E-state index in [9.17, 15) is 0 Å². The number of ether oxygens (including phenoxy) is 1. The van der Waals surface area contributed by atoms with Gasteiger partial charge in [-0.2, -0.15) is 0 Å². The van der Waals surface area contributed by atoms with Gasteiger partial charge in [0, 0.05) is 35.9 Å².